The highest BCUT2D eigenvalue weighted by Crippen LogP contribution is 2.19. The Morgan fingerprint density at radius 3 is 2.57 bits per heavy atom. The van der Waals surface area contributed by atoms with Crippen LogP contribution in [0.25, 0.3) is 0 Å². The second-order valence-electron chi connectivity index (χ2n) is 4.78. The standard InChI is InChI=1S/C13H22N2O6/c1-20-9-8-14(7-5-11(16)21-2)13(19)15-6-3-4-10(15)12(17)18/h10H,3-9H2,1-2H3,(H,17,18)/t10-/m1/s1. The van der Waals surface area contributed by atoms with Crippen molar-refractivity contribution in [1.29, 1.82) is 0 Å². The van der Waals surface area contributed by atoms with Crippen molar-refractivity contribution in [3.8, 4) is 0 Å². The fourth-order valence-corrected chi connectivity index (χ4v) is 2.27. The van der Waals surface area contributed by atoms with Gasteiger partial charge in [-0.25, -0.2) is 9.59 Å². The topological polar surface area (TPSA) is 96.4 Å². The highest BCUT2D eigenvalue weighted by Gasteiger charge is 2.36. The lowest BCUT2D eigenvalue weighted by Gasteiger charge is -2.30. The lowest BCUT2D eigenvalue weighted by molar-refractivity contribution is -0.142. The third-order valence-electron chi connectivity index (χ3n) is 3.43. The molecule has 1 saturated heterocycles. The van der Waals surface area contributed by atoms with Gasteiger partial charge in [0, 0.05) is 26.7 Å². The van der Waals surface area contributed by atoms with Gasteiger partial charge in [0.2, 0.25) is 0 Å². The van der Waals surface area contributed by atoms with E-state index in [-0.39, 0.29) is 19.0 Å². The molecule has 1 N–H and O–H groups in total. The monoisotopic (exact) mass is 302 g/mol. The summed E-state index contributed by atoms with van der Waals surface area (Å²) in [6.07, 6.45) is 1.19. The minimum atomic E-state index is -1.000. The van der Waals surface area contributed by atoms with Gasteiger partial charge in [0.05, 0.1) is 20.1 Å². The normalized spacial score (nSPS) is 17.6. The second-order valence-corrected chi connectivity index (χ2v) is 4.78. The van der Waals surface area contributed by atoms with Crippen LogP contribution in [0.15, 0.2) is 0 Å². The highest BCUT2D eigenvalue weighted by molar-refractivity contribution is 5.83. The van der Waals surface area contributed by atoms with Crippen molar-refractivity contribution < 1.29 is 29.0 Å². The first-order valence-corrected chi connectivity index (χ1v) is 6.85. The predicted octanol–water partition coefficient (Wildman–Crippen LogP) is 0.167. The van der Waals surface area contributed by atoms with Crippen molar-refractivity contribution in [1.82, 2.24) is 9.80 Å². The van der Waals surface area contributed by atoms with E-state index in [1.54, 1.807) is 0 Å². The van der Waals surface area contributed by atoms with E-state index in [1.165, 1.54) is 24.0 Å². The van der Waals surface area contributed by atoms with Crippen LogP contribution in [-0.2, 0) is 19.1 Å². The molecule has 0 unspecified atom stereocenters. The average Bonchev–Trinajstić information content (AvgIpc) is 2.96. The van der Waals surface area contributed by atoms with Gasteiger partial charge in [0.15, 0.2) is 0 Å². The quantitative estimate of drug-likeness (QED) is 0.673. The Hall–Kier alpha value is -1.83. The van der Waals surface area contributed by atoms with Crippen molar-refractivity contribution in [2.75, 3.05) is 40.5 Å². The van der Waals surface area contributed by atoms with Crippen molar-refractivity contribution in [3.63, 3.8) is 0 Å². The summed E-state index contributed by atoms with van der Waals surface area (Å²) in [4.78, 5) is 37.6. The number of aliphatic carboxylic acids is 1. The van der Waals surface area contributed by atoms with Crippen LogP contribution in [0, 0.1) is 0 Å². The van der Waals surface area contributed by atoms with E-state index in [1.807, 2.05) is 0 Å². The Kier molecular flexibility index (Phi) is 6.93. The summed E-state index contributed by atoms with van der Waals surface area (Å²) in [5.74, 6) is -1.41. The van der Waals surface area contributed by atoms with E-state index in [4.69, 9.17) is 9.84 Å². The summed E-state index contributed by atoms with van der Waals surface area (Å²) >= 11 is 0. The molecule has 0 aromatic carbocycles. The number of amides is 2. The minimum Gasteiger partial charge on any atom is -0.480 e. The number of carboxylic acids is 1. The van der Waals surface area contributed by atoms with Crippen LogP contribution in [0.2, 0.25) is 0 Å². The fraction of sp³-hybridized carbons (Fsp3) is 0.769. The fourth-order valence-electron chi connectivity index (χ4n) is 2.27. The first-order chi connectivity index (χ1) is 10.0. The molecule has 120 valence electrons. The van der Waals surface area contributed by atoms with Gasteiger partial charge in [-0.05, 0) is 12.8 Å². The smallest absolute Gasteiger partial charge is 0.326 e. The van der Waals surface area contributed by atoms with Gasteiger partial charge in [0.1, 0.15) is 6.04 Å². The summed E-state index contributed by atoms with van der Waals surface area (Å²) in [5.41, 5.74) is 0. The van der Waals surface area contributed by atoms with Gasteiger partial charge in [-0.15, -0.1) is 0 Å². The molecule has 1 heterocycles. The van der Waals surface area contributed by atoms with E-state index < -0.39 is 18.0 Å². The highest BCUT2D eigenvalue weighted by atomic mass is 16.5. The number of carboxylic acid groups (broad SMARTS) is 1. The Bertz CT molecular complexity index is 387. The number of rotatable bonds is 7. The summed E-state index contributed by atoms with van der Waals surface area (Å²) in [6, 6.07) is -1.17. The van der Waals surface area contributed by atoms with E-state index >= 15 is 0 Å². The van der Waals surface area contributed by atoms with Crippen LogP contribution in [0.1, 0.15) is 19.3 Å². The van der Waals surface area contributed by atoms with Gasteiger partial charge in [0.25, 0.3) is 0 Å². The zero-order valence-electron chi connectivity index (χ0n) is 12.4. The molecular weight excluding hydrogens is 280 g/mol. The maximum Gasteiger partial charge on any atom is 0.326 e. The van der Waals surface area contributed by atoms with Crippen LogP contribution in [0.4, 0.5) is 4.79 Å². The van der Waals surface area contributed by atoms with Crippen LogP contribution < -0.4 is 0 Å². The molecule has 0 spiro atoms. The number of hydrogen-bond donors (Lipinski definition) is 1. The van der Waals surface area contributed by atoms with Crippen molar-refractivity contribution >= 4 is 18.0 Å². The molecule has 8 nitrogen and oxygen atoms in total. The third kappa shape index (κ3) is 4.89. The van der Waals surface area contributed by atoms with Gasteiger partial charge < -0.3 is 24.4 Å². The zero-order valence-corrected chi connectivity index (χ0v) is 12.4. The zero-order chi connectivity index (χ0) is 15.8. The summed E-state index contributed by atoms with van der Waals surface area (Å²) in [7, 11) is 2.80. The SMILES string of the molecule is COCCN(CCC(=O)OC)C(=O)N1CCC[C@@H]1C(=O)O. The Labute approximate surface area is 123 Å². The number of esters is 1. The molecule has 21 heavy (non-hydrogen) atoms. The molecule has 1 atom stereocenters. The molecule has 0 radical (unpaired) electrons. The number of methoxy groups -OCH3 is 2. The lowest BCUT2D eigenvalue weighted by atomic mass is 10.2. The number of ether oxygens (including phenoxy) is 2. The van der Waals surface area contributed by atoms with Crippen LogP contribution >= 0.6 is 0 Å². The maximum absolute atomic E-state index is 12.4. The van der Waals surface area contributed by atoms with Crippen LogP contribution in [-0.4, -0.2) is 79.4 Å². The molecule has 1 aliphatic rings. The lowest BCUT2D eigenvalue weighted by Crippen LogP contribution is -2.49. The molecule has 2 amide bonds. The van der Waals surface area contributed by atoms with Crippen molar-refractivity contribution in [2.24, 2.45) is 0 Å². The van der Waals surface area contributed by atoms with E-state index in [2.05, 4.69) is 4.74 Å². The van der Waals surface area contributed by atoms with Crippen LogP contribution in [0.5, 0.6) is 0 Å². The van der Waals surface area contributed by atoms with E-state index in [0.29, 0.717) is 32.5 Å². The van der Waals surface area contributed by atoms with Crippen LogP contribution in [0.3, 0.4) is 0 Å². The predicted molar refractivity (Wildman–Crippen MR) is 72.8 cm³/mol. The molecular formula is C13H22N2O6. The number of carbonyl (C=O) groups is 3. The molecule has 0 aromatic rings. The maximum atomic E-state index is 12.4. The molecule has 1 fully saturated rings. The molecule has 0 aliphatic carbocycles. The van der Waals surface area contributed by atoms with Gasteiger partial charge in [-0.1, -0.05) is 0 Å². The summed E-state index contributed by atoms with van der Waals surface area (Å²) in [6.45, 7) is 1.21. The van der Waals surface area contributed by atoms with E-state index in [9.17, 15) is 14.4 Å². The molecule has 8 heteroatoms. The minimum absolute atomic E-state index is 0.0670. The van der Waals surface area contributed by atoms with E-state index in [0.717, 1.165) is 0 Å². The molecule has 0 aromatic heterocycles. The van der Waals surface area contributed by atoms with Gasteiger partial charge >= 0.3 is 18.0 Å². The summed E-state index contributed by atoms with van der Waals surface area (Å²) < 4.78 is 9.50. The first-order valence-electron chi connectivity index (χ1n) is 6.85. The number of carbonyl (C=O) groups excluding carboxylic acids is 2. The van der Waals surface area contributed by atoms with Crippen molar-refractivity contribution in [3.05, 3.63) is 0 Å². The average molecular weight is 302 g/mol. The number of hydrogen-bond acceptors (Lipinski definition) is 5. The second kappa shape index (κ2) is 8.46. The van der Waals surface area contributed by atoms with Crippen molar-refractivity contribution in [2.45, 2.75) is 25.3 Å². The largest absolute Gasteiger partial charge is 0.480 e. The molecule has 0 saturated carbocycles. The number of likely N-dealkylation sites (tertiary alicyclic amines) is 1. The molecule has 1 aliphatic heterocycles. The summed E-state index contributed by atoms with van der Waals surface area (Å²) in [5, 5.41) is 9.14. The van der Waals surface area contributed by atoms with Gasteiger partial charge in [-0.3, -0.25) is 4.79 Å². The third-order valence-corrected chi connectivity index (χ3v) is 3.43. The number of urea groups is 1. The number of nitrogens with zero attached hydrogens (tertiary/aromatic N) is 2. The first kappa shape index (κ1) is 17.2. The Morgan fingerprint density at radius 2 is 2.00 bits per heavy atom. The molecule has 1 rings (SSSR count). The van der Waals surface area contributed by atoms with Gasteiger partial charge in [-0.2, -0.15) is 0 Å². The Morgan fingerprint density at radius 1 is 1.29 bits per heavy atom. The Balaban J connectivity index is 2.69. The molecule has 0 bridgehead atoms.